The van der Waals surface area contributed by atoms with Crippen molar-refractivity contribution >= 4 is 5.97 Å². The fraction of sp³-hybridized carbons (Fsp3) is 0.800. The van der Waals surface area contributed by atoms with Gasteiger partial charge in [0.2, 0.25) is 0 Å². The molecule has 0 aromatic heterocycles. The molecule has 1 N–H and O–H groups in total. The monoisotopic (exact) mass is 181 g/mol. The molecule has 3 nitrogen and oxygen atoms in total. The van der Waals surface area contributed by atoms with E-state index in [1.165, 1.54) is 0 Å². The topological polar surface area (TPSA) is 61.1 Å². The molecule has 0 aliphatic heterocycles. The Kier molecular flexibility index (Phi) is 2.60. The first-order valence-corrected chi connectivity index (χ1v) is 4.65. The molecule has 2 atom stereocenters. The van der Waals surface area contributed by atoms with Crippen LogP contribution >= 0.6 is 0 Å². The summed E-state index contributed by atoms with van der Waals surface area (Å²) in [7, 11) is 0. The van der Waals surface area contributed by atoms with Crippen LogP contribution in [-0.4, -0.2) is 11.1 Å². The quantitative estimate of drug-likeness (QED) is 0.673. The maximum Gasteiger partial charge on any atom is 0.324 e. The maximum atomic E-state index is 11.0. The molecule has 1 fully saturated rings. The standard InChI is InChI=1S/C10H15NO2/c1-7-3-8(2)5-10(4-7,6-11)9(12)13/h7-8H,3-5H2,1-2H3,(H,12,13). The smallest absolute Gasteiger partial charge is 0.324 e. The van der Waals surface area contributed by atoms with Crippen molar-refractivity contribution in [1.82, 2.24) is 0 Å². The summed E-state index contributed by atoms with van der Waals surface area (Å²) in [6, 6.07) is 1.98. The third kappa shape index (κ3) is 1.82. The number of carbonyl (C=O) groups is 1. The summed E-state index contributed by atoms with van der Waals surface area (Å²) < 4.78 is 0. The Morgan fingerprint density at radius 2 is 1.92 bits per heavy atom. The van der Waals surface area contributed by atoms with Crippen molar-refractivity contribution in [3.63, 3.8) is 0 Å². The lowest BCUT2D eigenvalue weighted by atomic mass is 9.67. The van der Waals surface area contributed by atoms with Gasteiger partial charge in [-0.2, -0.15) is 5.26 Å². The molecular weight excluding hydrogens is 166 g/mol. The molecule has 0 aromatic rings. The van der Waals surface area contributed by atoms with E-state index in [2.05, 4.69) is 0 Å². The Labute approximate surface area is 78.4 Å². The van der Waals surface area contributed by atoms with Crippen LogP contribution in [0.15, 0.2) is 0 Å². The normalized spacial score (nSPS) is 39.5. The molecular formula is C10H15NO2. The summed E-state index contributed by atoms with van der Waals surface area (Å²) in [6.07, 6.45) is 2.04. The van der Waals surface area contributed by atoms with Gasteiger partial charge in [0, 0.05) is 0 Å². The Balaban J connectivity index is 2.88. The maximum absolute atomic E-state index is 11.0. The Hall–Kier alpha value is -1.04. The second-order valence-corrected chi connectivity index (χ2v) is 4.35. The molecule has 1 saturated carbocycles. The zero-order valence-electron chi connectivity index (χ0n) is 8.08. The van der Waals surface area contributed by atoms with E-state index in [1.54, 1.807) is 0 Å². The molecule has 0 radical (unpaired) electrons. The molecule has 1 rings (SSSR count). The van der Waals surface area contributed by atoms with Crippen molar-refractivity contribution in [1.29, 1.82) is 5.26 Å². The van der Waals surface area contributed by atoms with E-state index in [0.717, 1.165) is 6.42 Å². The Bertz CT molecular complexity index is 244. The molecule has 0 spiro atoms. The van der Waals surface area contributed by atoms with Crippen LogP contribution in [0.3, 0.4) is 0 Å². The van der Waals surface area contributed by atoms with E-state index in [9.17, 15) is 4.79 Å². The van der Waals surface area contributed by atoms with E-state index in [1.807, 2.05) is 19.9 Å². The van der Waals surface area contributed by atoms with Crippen LogP contribution < -0.4 is 0 Å². The van der Waals surface area contributed by atoms with Gasteiger partial charge in [0.05, 0.1) is 6.07 Å². The van der Waals surface area contributed by atoms with E-state index in [0.29, 0.717) is 24.7 Å². The highest BCUT2D eigenvalue weighted by Gasteiger charge is 2.44. The van der Waals surface area contributed by atoms with Crippen LogP contribution in [0.25, 0.3) is 0 Å². The van der Waals surface area contributed by atoms with E-state index >= 15 is 0 Å². The number of nitrogens with zero attached hydrogens (tertiary/aromatic N) is 1. The fourth-order valence-corrected chi connectivity index (χ4v) is 2.44. The van der Waals surface area contributed by atoms with Crippen LogP contribution in [0.5, 0.6) is 0 Å². The summed E-state index contributed by atoms with van der Waals surface area (Å²) >= 11 is 0. The average molecular weight is 181 g/mol. The van der Waals surface area contributed by atoms with Crippen LogP contribution in [-0.2, 0) is 4.79 Å². The van der Waals surface area contributed by atoms with Crippen molar-refractivity contribution in [2.75, 3.05) is 0 Å². The molecule has 1 aliphatic carbocycles. The molecule has 3 heteroatoms. The molecule has 0 amide bonds. The fourth-order valence-electron chi connectivity index (χ4n) is 2.44. The van der Waals surface area contributed by atoms with Gasteiger partial charge in [-0.05, 0) is 31.1 Å². The molecule has 0 bridgehead atoms. The highest BCUT2D eigenvalue weighted by atomic mass is 16.4. The zero-order valence-corrected chi connectivity index (χ0v) is 8.08. The number of nitriles is 1. The van der Waals surface area contributed by atoms with Crippen molar-refractivity contribution in [2.24, 2.45) is 17.3 Å². The van der Waals surface area contributed by atoms with Gasteiger partial charge < -0.3 is 5.11 Å². The Morgan fingerprint density at radius 1 is 1.46 bits per heavy atom. The third-order valence-corrected chi connectivity index (χ3v) is 2.82. The predicted molar refractivity (Wildman–Crippen MR) is 47.9 cm³/mol. The Morgan fingerprint density at radius 3 is 2.23 bits per heavy atom. The summed E-state index contributed by atoms with van der Waals surface area (Å²) in [5, 5.41) is 17.9. The highest BCUT2D eigenvalue weighted by Crippen LogP contribution is 2.41. The van der Waals surface area contributed by atoms with Gasteiger partial charge in [0.1, 0.15) is 0 Å². The minimum atomic E-state index is -1.11. The van der Waals surface area contributed by atoms with E-state index < -0.39 is 11.4 Å². The van der Waals surface area contributed by atoms with Gasteiger partial charge in [-0.15, -0.1) is 0 Å². The lowest BCUT2D eigenvalue weighted by Crippen LogP contribution is -2.37. The number of hydrogen-bond acceptors (Lipinski definition) is 2. The van der Waals surface area contributed by atoms with E-state index in [4.69, 9.17) is 10.4 Å². The van der Waals surface area contributed by atoms with Gasteiger partial charge >= 0.3 is 5.97 Å². The molecule has 0 saturated heterocycles. The SMILES string of the molecule is CC1CC(C)CC(C#N)(C(=O)O)C1. The molecule has 13 heavy (non-hydrogen) atoms. The van der Waals surface area contributed by atoms with Gasteiger partial charge in [-0.3, -0.25) is 4.79 Å². The number of hydrogen-bond donors (Lipinski definition) is 1. The number of aliphatic carboxylic acids is 1. The highest BCUT2D eigenvalue weighted by molar-refractivity contribution is 5.78. The molecule has 0 aromatic carbocycles. The second kappa shape index (κ2) is 3.37. The summed E-state index contributed by atoms with van der Waals surface area (Å²) in [6.45, 7) is 4.04. The largest absolute Gasteiger partial charge is 0.480 e. The van der Waals surface area contributed by atoms with Crippen LogP contribution in [0.1, 0.15) is 33.1 Å². The third-order valence-electron chi connectivity index (χ3n) is 2.82. The van der Waals surface area contributed by atoms with Crippen LogP contribution in [0, 0.1) is 28.6 Å². The minimum Gasteiger partial charge on any atom is -0.480 e. The zero-order chi connectivity index (χ0) is 10.1. The number of carboxylic acid groups (broad SMARTS) is 1. The van der Waals surface area contributed by atoms with Crippen LogP contribution in [0.2, 0.25) is 0 Å². The van der Waals surface area contributed by atoms with Gasteiger partial charge in [0.25, 0.3) is 0 Å². The summed E-state index contributed by atoms with van der Waals surface area (Å²) in [5.41, 5.74) is -1.11. The molecule has 72 valence electrons. The summed E-state index contributed by atoms with van der Waals surface area (Å²) in [4.78, 5) is 11.0. The predicted octanol–water partition coefficient (Wildman–Crippen LogP) is 2.04. The average Bonchev–Trinajstić information content (AvgIpc) is 2.02. The van der Waals surface area contributed by atoms with Crippen molar-refractivity contribution in [3.8, 4) is 6.07 Å². The first-order valence-electron chi connectivity index (χ1n) is 4.65. The molecule has 0 heterocycles. The number of carboxylic acids is 1. The first kappa shape index (κ1) is 10.0. The molecule has 2 unspecified atom stereocenters. The number of rotatable bonds is 1. The first-order chi connectivity index (χ1) is 6.00. The van der Waals surface area contributed by atoms with Gasteiger partial charge in [-0.25, -0.2) is 0 Å². The van der Waals surface area contributed by atoms with Crippen molar-refractivity contribution in [2.45, 2.75) is 33.1 Å². The van der Waals surface area contributed by atoms with E-state index in [-0.39, 0.29) is 0 Å². The minimum absolute atomic E-state index is 0.347. The molecule has 1 aliphatic rings. The van der Waals surface area contributed by atoms with Crippen molar-refractivity contribution < 1.29 is 9.90 Å². The second-order valence-electron chi connectivity index (χ2n) is 4.35. The van der Waals surface area contributed by atoms with Gasteiger partial charge in [0.15, 0.2) is 5.41 Å². The van der Waals surface area contributed by atoms with Crippen molar-refractivity contribution in [3.05, 3.63) is 0 Å². The van der Waals surface area contributed by atoms with Gasteiger partial charge in [-0.1, -0.05) is 13.8 Å². The summed E-state index contributed by atoms with van der Waals surface area (Å²) in [5.74, 6) is -0.257. The lowest BCUT2D eigenvalue weighted by Gasteiger charge is -2.34. The van der Waals surface area contributed by atoms with Crippen LogP contribution in [0.4, 0.5) is 0 Å². The lowest BCUT2D eigenvalue weighted by molar-refractivity contribution is -0.148.